The second-order valence-electron chi connectivity index (χ2n) is 4.66. The molecular formula is C14H20N4. The van der Waals surface area contributed by atoms with Gasteiger partial charge >= 0.3 is 0 Å². The predicted octanol–water partition coefficient (Wildman–Crippen LogP) is 2.16. The molecule has 18 heavy (non-hydrogen) atoms. The van der Waals surface area contributed by atoms with Gasteiger partial charge in [0.25, 0.3) is 0 Å². The lowest BCUT2D eigenvalue weighted by Gasteiger charge is -2.09. The van der Waals surface area contributed by atoms with Crippen molar-refractivity contribution in [1.82, 2.24) is 14.8 Å². The van der Waals surface area contributed by atoms with Gasteiger partial charge in [-0.15, -0.1) is 0 Å². The highest BCUT2D eigenvalue weighted by Gasteiger charge is 2.06. The zero-order valence-corrected chi connectivity index (χ0v) is 11.2. The fourth-order valence-electron chi connectivity index (χ4n) is 1.99. The van der Waals surface area contributed by atoms with Crippen molar-refractivity contribution in [1.29, 1.82) is 0 Å². The van der Waals surface area contributed by atoms with E-state index in [-0.39, 0.29) is 6.04 Å². The predicted molar refractivity (Wildman–Crippen MR) is 72.8 cm³/mol. The fraction of sp³-hybridized carbons (Fsp3) is 0.429. The summed E-state index contributed by atoms with van der Waals surface area (Å²) in [6.07, 6.45) is 1.93. The second-order valence-corrected chi connectivity index (χ2v) is 4.66. The maximum atomic E-state index is 5.95. The van der Waals surface area contributed by atoms with Gasteiger partial charge in [0.15, 0.2) is 0 Å². The van der Waals surface area contributed by atoms with E-state index in [9.17, 15) is 0 Å². The normalized spacial score (nSPS) is 12.7. The molecule has 0 radical (unpaired) electrons. The first-order chi connectivity index (χ1) is 8.60. The van der Waals surface area contributed by atoms with Gasteiger partial charge in [0.2, 0.25) is 0 Å². The zero-order valence-electron chi connectivity index (χ0n) is 11.2. The van der Waals surface area contributed by atoms with Crippen LogP contribution in [-0.2, 0) is 6.42 Å². The second kappa shape index (κ2) is 5.31. The van der Waals surface area contributed by atoms with Crippen LogP contribution in [0.3, 0.4) is 0 Å². The first-order valence-corrected chi connectivity index (χ1v) is 6.35. The van der Waals surface area contributed by atoms with Crippen molar-refractivity contribution < 1.29 is 0 Å². The molecule has 0 aliphatic heterocycles. The molecule has 1 unspecified atom stereocenters. The average Bonchev–Trinajstić information content (AvgIpc) is 2.69. The Morgan fingerprint density at radius 2 is 1.89 bits per heavy atom. The Balaban J connectivity index is 2.19. The molecule has 4 heteroatoms. The van der Waals surface area contributed by atoms with Gasteiger partial charge in [-0.25, -0.2) is 9.67 Å². The van der Waals surface area contributed by atoms with Crippen molar-refractivity contribution in [3.05, 3.63) is 41.5 Å². The number of hydrogen-bond acceptors (Lipinski definition) is 3. The first kappa shape index (κ1) is 12.8. The van der Waals surface area contributed by atoms with Crippen LogP contribution < -0.4 is 5.73 Å². The topological polar surface area (TPSA) is 56.7 Å². The third-order valence-electron chi connectivity index (χ3n) is 3.08. The molecule has 1 aromatic heterocycles. The molecule has 0 saturated heterocycles. The summed E-state index contributed by atoms with van der Waals surface area (Å²) >= 11 is 0. The Labute approximate surface area is 108 Å². The first-order valence-electron chi connectivity index (χ1n) is 6.35. The molecule has 0 spiro atoms. The van der Waals surface area contributed by atoms with Crippen molar-refractivity contribution in [2.45, 2.75) is 39.7 Å². The lowest BCUT2D eigenvalue weighted by atomic mass is 10.0. The zero-order chi connectivity index (χ0) is 13.1. The Morgan fingerprint density at radius 1 is 1.22 bits per heavy atom. The number of aromatic nitrogens is 3. The number of nitrogens with two attached hydrogens (primary N) is 1. The van der Waals surface area contributed by atoms with Gasteiger partial charge in [0.1, 0.15) is 11.6 Å². The summed E-state index contributed by atoms with van der Waals surface area (Å²) in [6.45, 7) is 5.97. The maximum absolute atomic E-state index is 5.95. The van der Waals surface area contributed by atoms with Crippen molar-refractivity contribution >= 4 is 0 Å². The summed E-state index contributed by atoms with van der Waals surface area (Å²) in [5.74, 6) is 1.70. The molecule has 0 bridgehead atoms. The lowest BCUT2D eigenvalue weighted by Crippen LogP contribution is -2.21. The van der Waals surface area contributed by atoms with Crippen LogP contribution in [-0.4, -0.2) is 20.8 Å². The van der Waals surface area contributed by atoms with Crippen LogP contribution >= 0.6 is 0 Å². The third kappa shape index (κ3) is 2.76. The monoisotopic (exact) mass is 244 g/mol. The van der Waals surface area contributed by atoms with Crippen LogP contribution in [0.25, 0.3) is 5.69 Å². The van der Waals surface area contributed by atoms with Crippen LogP contribution in [0.1, 0.15) is 30.6 Å². The molecule has 0 amide bonds. The summed E-state index contributed by atoms with van der Waals surface area (Å²) in [5.41, 5.74) is 8.26. The molecule has 0 aliphatic rings. The van der Waals surface area contributed by atoms with Crippen molar-refractivity contribution in [2.75, 3.05) is 0 Å². The number of nitrogens with zero attached hydrogens (tertiary/aromatic N) is 3. The number of aryl methyl sites for hydroxylation is 2. The highest BCUT2D eigenvalue weighted by Crippen LogP contribution is 2.12. The molecule has 2 rings (SSSR count). The van der Waals surface area contributed by atoms with E-state index in [1.54, 1.807) is 0 Å². The Bertz CT molecular complexity index is 513. The van der Waals surface area contributed by atoms with E-state index < -0.39 is 0 Å². The van der Waals surface area contributed by atoms with Crippen LogP contribution in [0.15, 0.2) is 24.3 Å². The van der Waals surface area contributed by atoms with Crippen molar-refractivity contribution in [3.8, 4) is 5.69 Å². The van der Waals surface area contributed by atoms with E-state index in [0.717, 1.165) is 30.2 Å². The molecular weight excluding hydrogens is 224 g/mol. The van der Waals surface area contributed by atoms with E-state index in [4.69, 9.17) is 5.73 Å². The summed E-state index contributed by atoms with van der Waals surface area (Å²) < 4.78 is 1.86. The standard InChI is InChI=1S/C14H20N4/c1-4-13(15)9-12-5-7-14(8-6-12)18-11(3)16-10(2)17-18/h5-8,13H,4,9,15H2,1-3H3. The van der Waals surface area contributed by atoms with Crippen LogP contribution in [0, 0.1) is 13.8 Å². The molecule has 1 atom stereocenters. The average molecular weight is 244 g/mol. The molecule has 96 valence electrons. The van der Waals surface area contributed by atoms with Gasteiger partial charge < -0.3 is 5.73 Å². The van der Waals surface area contributed by atoms with Gasteiger partial charge in [-0.2, -0.15) is 5.10 Å². The van der Waals surface area contributed by atoms with E-state index in [0.29, 0.717) is 0 Å². The lowest BCUT2D eigenvalue weighted by molar-refractivity contribution is 0.646. The minimum Gasteiger partial charge on any atom is -0.327 e. The van der Waals surface area contributed by atoms with Gasteiger partial charge in [0, 0.05) is 6.04 Å². The molecule has 0 fully saturated rings. The smallest absolute Gasteiger partial charge is 0.148 e. The Kier molecular flexibility index (Phi) is 3.77. The minimum atomic E-state index is 0.242. The number of rotatable bonds is 4. The maximum Gasteiger partial charge on any atom is 0.148 e. The van der Waals surface area contributed by atoms with E-state index in [2.05, 4.69) is 41.3 Å². The SMILES string of the molecule is CCC(N)Cc1ccc(-n2nc(C)nc2C)cc1. The summed E-state index contributed by atoms with van der Waals surface area (Å²) in [7, 11) is 0. The quantitative estimate of drug-likeness (QED) is 0.896. The highest BCUT2D eigenvalue weighted by molar-refractivity contribution is 5.34. The molecule has 1 aromatic carbocycles. The van der Waals surface area contributed by atoms with E-state index >= 15 is 0 Å². The van der Waals surface area contributed by atoms with E-state index in [1.165, 1.54) is 5.56 Å². The van der Waals surface area contributed by atoms with Gasteiger partial charge in [0.05, 0.1) is 5.69 Å². The van der Waals surface area contributed by atoms with Crippen molar-refractivity contribution in [3.63, 3.8) is 0 Å². The van der Waals surface area contributed by atoms with Crippen molar-refractivity contribution in [2.24, 2.45) is 5.73 Å². The Hall–Kier alpha value is -1.68. The van der Waals surface area contributed by atoms with Crippen LogP contribution in [0.2, 0.25) is 0 Å². The summed E-state index contributed by atoms with van der Waals surface area (Å²) in [4.78, 5) is 4.30. The summed E-state index contributed by atoms with van der Waals surface area (Å²) in [5, 5.41) is 4.37. The third-order valence-corrected chi connectivity index (χ3v) is 3.08. The number of hydrogen-bond donors (Lipinski definition) is 1. The highest BCUT2D eigenvalue weighted by atomic mass is 15.3. The van der Waals surface area contributed by atoms with Crippen LogP contribution in [0.4, 0.5) is 0 Å². The largest absolute Gasteiger partial charge is 0.327 e. The minimum absolute atomic E-state index is 0.242. The van der Waals surface area contributed by atoms with Crippen LogP contribution in [0.5, 0.6) is 0 Å². The molecule has 2 N–H and O–H groups in total. The molecule has 0 aliphatic carbocycles. The van der Waals surface area contributed by atoms with E-state index in [1.807, 2.05) is 18.5 Å². The molecule has 0 saturated carbocycles. The summed E-state index contributed by atoms with van der Waals surface area (Å²) in [6, 6.07) is 8.60. The number of benzene rings is 1. The van der Waals surface area contributed by atoms with Gasteiger partial charge in [-0.3, -0.25) is 0 Å². The Morgan fingerprint density at radius 3 is 2.39 bits per heavy atom. The molecule has 2 aromatic rings. The molecule has 4 nitrogen and oxygen atoms in total. The molecule has 1 heterocycles. The van der Waals surface area contributed by atoms with Gasteiger partial charge in [-0.05, 0) is 44.4 Å². The van der Waals surface area contributed by atoms with Gasteiger partial charge in [-0.1, -0.05) is 19.1 Å². The fourth-order valence-corrected chi connectivity index (χ4v) is 1.99.